The van der Waals surface area contributed by atoms with E-state index in [9.17, 15) is 19.0 Å². The van der Waals surface area contributed by atoms with Crippen LogP contribution in [0.4, 0.5) is 5.00 Å². The van der Waals surface area contributed by atoms with E-state index in [1.54, 1.807) is 5.38 Å². The smallest absolute Gasteiger partial charge is 1.00 e. The maximum atomic E-state index is 14.3. The number of carbonyl (C=O) groups excluding carboxylic acids is 1. The normalized spacial score (nSPS) is 18.3. The third-order valence-electron chi connectivity index (χ3n) is 6.75. The van der Waals surface area contributed by atoms with Crippen LogP contribution in [0.25, 0.3) is 5.76 Å². The van der Waals surface area contributed by atoms with E-state index < -0.39 is 16.2 Å². The van der Waals surface area contributed by atoms with E-state index in [1.165, 1.54) is 18.4 Å². The molecule has 198 valence electrons. The molecule has 0 spiro atoms. The molecular formula is C26H35N2NaO6S2. The summed E-state index contributed by atoms with van der Waals surface area (Å²) >= 11 is 1.27. The first-order chi connectivity index (χ1) is 17.3. The number of ketones is 1. The Labute approximate surface area is 247 Å². The number of hydrogen-bond donors (Lipinski definition) is 4. The fourth-order valence-corrected chi connectivity index (χ4v) is 7.67. The van der Waals surface area contributed by atoms with Crippen molar-refractivity contribution in [2.75, 3.05) is 19.2 Å². The number of aliphatic hydroxyl groups is 1. The Morgan fingerprint density at radius 2 is 1.84 bits per heavy atom. The van der Waals surface area contributed by atoms with Crippen LogP contribution in [0.5, 0.6) is 0 Å². The summed E-state index contributed by atoms with van der Waals surface area (Å²) in [5.41, 5.74) is 1.20. The number of rotatable bonds is 11. The maximum Gasteiger partial charge on any atom is 1.00 e. The molecule has 0 unspecified atom stereocenters. The average molecular weight is 559 g/mol. The summed E-state index contributed by atoms with van der Waals surface area (Å²) in [6.45, 7) is 4.38. The maximum absolute atomic E-state index is 14.3. The topological polar surface area (TPSA) is 121 Å². The number of amidine groups is 1. The van der Waals surface area contributed by atoms with E-state index in [-0.39, 0.29) is 72.2 Å². The molecule has 8 nitrogen and oxygen atoms in total. The van der Waals surface area contributed by atoms with E-state index in [4.69, 9.17) is 9.47 Å². The first kappa shape index (κ1) is 30.3. The second-order valence-corrected chi connectivity index (χ2v) is 11.7. The van der Waals surface area contributed by atoms with Crippen LogP contribution in [0.1, 0.15) is 70.5 Å². The number of benzene rings is 1. The third kappa shape index (κ3) is 5.73. The van der Waals surface area contributed by atoms with Crippen molar-refractivity contribution in [1.29, 1.82) is 0 Å². The van der Waals surface area contributed by atoms with Gasteiger partial charge < -0.3 is 21.3 Å². The molecule has 2 heterocycles. The summed E-state index contributed by atoms with van der Waals surface area (Å²) in [7, 11) is -2.13. The average Bonchev–Trinajstić information content (AvgIpc) is 3.28. The van der Waals surface area contributed by atoms with Crippen molar-refractivity contribution < 1.29 is 59.5 Å². The molecule has 0 saturated heterocycles. The van der Waals surface area contributed by atoms with Crippen LogP contribution >= 0.6 is 22.1 Å². The Morgan fingerprint density at radius 1 is 1.16 bits per heavy atom. The Balaban J connectivity index is 0.00000253. The van der Waals surface area contributed by atoms with Crippen molar-refractivity contribution in [3.63, 3.8) is 0 Å². The molecule has 0 amide bonds. The molecule has 0 bridgehead atoms. The van der Waals surface area contributed by atoms with Crippen molar-refractivity contribution in [1.82, 2.24) is 0 Å². The summed E-state index contributed by atoms with van der Waals surface area (Å²) in [6.07, 6.45) is 4.86. The molecule has 2 aromatic rings. The van der Waals surface area contributed by atoms with Crippen LogP contribution in [0.2, 0.25) is 0 Å². The van der Waals surface area contributed by atoms with Gasteiger partial charge in [0.1, 0.15) is 28.0 Å². The number of nitrogens with zero attached hydrogens (tertiary/aromatic N) is 1. The molecule has 4 N–H and O–H groups in total. The monoisotopic (exact) mass is 558 g/mol. The summed E-state index contributed by atoms with van der Waals surface area (Å²) in [5, 5.41) is 16.7. The zero-order valence-corrected chi connectivity index (χ0v) is 25.5. The van der Waals surface area contributed by atoms with Crippen LogP contribution in [0.15, 0.2) is 44.5 Å². The molecule has 4 rings (SSSR count). The molecule has 1 aromatic heterocycles. The van der Waals surface area contributed by atoms with Crippen LogP contribution in [0.3, 0.4) is 0 Å². The van der Waals surface area contributed by atoms with Gasteiger partial charge in [-0.25, -0.2) is 0 Å². The van der Waals surface area contributed by atoms with Crippen LogP contribution < -0.4 is 34.9 Å². The van der Waals surface area contributed by atoms with Crippen molar-refractivity contribution in [2.24, 2.45) is 4.40 Å². The van der Waals surface area contributed by atoms with Gasteiger partial charge in [0.25, 0.3) is 0 Å². The van der Waals surface area contributed by atoms with Gasteiger partial charge in [-0.1, -0.05) is 74.6 Å². The van der Waals surface area contributed by atoms with Gasteiger partial charge in [0, 0.05) is 23.6 Å². The molecule has 0 saturated carbocycles. The van der Waals surface area contributed by atoms with Gasteiger partial charge in [-0.05, 0) is 18.4 Å². The first-order valence-corrected chi connectivity index (χ1v) is 14.6. The minimum Gasteiger partial charge on any atom is -1.00 e. The quantitative estimate of drug-likeness (QED) is 0.187. The Hall–Kier alpha value is -1.21. The predicted molar refractivity (Wildman–Crippen MR) is 146 cm³/mol. The predicted octanol–water partition coefficient (Wildman–Crippen LogP) is 4.00. The molecule has 1 aliphatic heterocycles. The van der Waals surface area contributed by atoms with Gasteiger partial charge in [-0.3, -0.25) is 13.9 Å². The van der Waals surface area contributed by atoms with Gasteiger partial charge in [-0.15, -0.1) is 15.7 Å². The van der Waals surface area contributed by atoms with Crippen LogP contribution in [0, 0.1) is 0 Å². The Bertz CT molecular complexity index is 1190. The number of carbonyl (C=O) groups is 1. The van der Waals surface area contributed by atoms with Crippen molar-refractivity contribution in [2.45, 2.75) is 69.3 Å². The van der Waals surface area contributed by atoms with Gasteiger partial charge >= 0.3 is 29.6 Å². The Morgan fingerprint density at radius 3 is 2.49 bits per heavy atom. The van der Waals surface area contributed by atoms with Crippen LogP contribution in [-0.2, 0) is 26.3 Å². The van der Waals surface area contributed by atoms with Gasteiger partial charge in [0.05, 0.1) is 12.0 Å². The summed E-state index contributed by atoms with van der Waals surface area (Å²) < 4.78 is 36.6. The van der Waals surface area contributed by atoms with E-state index in [1.807, 2.05) is 24.3 Å². The van der Waals surface area contributed by atoms with E-state index in [0.29, 0.717) is 29.0 Å². The fraction of sp³-hybridized carbons (Fsp3) is 0.462. The SMILES string of the molecule is CCCCC1(CCCC)C(=O)C(C2=NS(O)(O)c3c(COCOC)csc3N2)=C(O)c2ccccc21.[H-].[Na+]. The number of aliphatic hydroxyl groups excluding tert-OH is 1. The Kier molecular flexibility index (Phi) is 10.5. The second-order valence-electron chi connectivity index (χ2n) is 9.15. The molecule has 1 aliphatic carbocycles. The molecule has 0 fully saturated rings. The number of nitrogens with one attached hydrogen (secondary N) is 1. The number of unbranched alkanes of at least 4 members (excludes halogenated alkanes) is 2. The second kappa shape index (κ2) is 12.8. The summed E-state index contributed by atoms with van der Waals surface area (Å²) in [4.78, 5) is 14.6. The third-order valence-corrected chi connectivity index (χ3v) is 9.27. The standard InChI is InChI=1S/C26H34N2O6S2.Na.H/c1-4-6-12-26(13-7-5-2)19-11-9-8-10-18(19)21(29)20(23(26)30)24-27-25-22(36(31,32)28-24)17(15-35-25)14-34-16-33-3;;/h8-11,15,29,31-32H,4-7,12-14,16H2,1-3H3,(H,27,28);;/q;+1;-1. The minimum absolute atomic E-state index is 0. The van der Waals surface area contributed by atoms with E-state index in [2.05, 4.69) is 23.6 Å². The molecular weight excluding hydrogens is 523 g/mol. The number of methoxy groups -OCH3 is 1. The molecule has 37 heavy (non-hydrogen) atoms. The number of Topliss-reactive ketones (excluding diaryl/α,β-unsaturated/α-hetero) is 1. The number of thiophene rings is 1. The van der Waals surface area contributed by atoms with Crippen LogP contribution in [-0.4, -0.2) is 39.7 Å². The first-order valence-electron chi connectivity index (χ1n) is 12.2. The number of fused-ring (bicyclic) bond motifs is 2. The summed E-state index contributed by atoms with van der Waals surface area (Å²) in [5.74, 6) is -0.432. The number of hydrogen-bond acceptors (Lipinski definition) is 9. The van der Waals surface area contributed by atoms with Crippen molar-refractivity contribution in [3.8, 4) is 0 Å². The van der Waals surface area contributed by atoms with E-state index in [0.717, 1.165) is 31.2 Å². The summed E-state index contributed by atoms with van der Waals surface area (Å²) in [6, 6.07) is 7.47. The number of anilines is 1. The largest absolute Gasteiger partial charge is 1.00 e. The fourth-order valence-electron chi connectivity index (χ4n) is 5.02. The zero-order valence-electron chi connectivity index (χ0n) is 22.9. The van der Waals surface area contributed by atoms with Gasteiger partial charge in [0.15, 0.2) is 11.6 Å². The molecule has 2 aliphatic rings. The van der Waals surface area contributed by atoms with Gasteiger partial charge in [0.2, 0.25) is 0 Å². The van der Waals surface area contributed by atoms with Crippen molar-refractivity contribution >= 4 is 44.5 Å². The molecule has 0 radical (unpaired) electrons. The molecule has 11 heteroatoms. The van der Waals surface area contributed by atoms with Gasteiger partial charge in [-0.2, -0.15) is 0 Å². The van der Waals surface area contributed by atoms with Crippen molar-refractivity contribution in [3.05, 3.63) is 51.9 Å². The zero-order chi connectivity index (χ0) is 25.9. The molecule has 1 aromatic carbocycles. The minimum atomic E-state index is -3.64. The van der Waals surface area contributed by atoms with E-state index >= 15 is 0 Å². The number of ether oxygens (including phenoxy) is 2. The molecule has 0 atom stereocenters.